The normalized spacial score (nSPS) is 12.7. The molecule has 182 valence electrons. The molecule has 3 heterocycles. The lowest BCUT2D eigenvalue weighted by molar-refractivity contribution is 0.306. The number of ether oxygens (including phenoxy) is 1. The zero-order chi connectivity index (χ0) is 25.2. The second-order valence-electron chi connectivity index (χ2n) is 9.05. The summed E-state index contributed by atoms with van der Waals surface area (Å²) in [6, 6.07) is 28.8. The molecule has 0 bridgehead atoms. The molecular weight excluding hydrogens is 463 g/mol. The zero-order valence-electron chi connectivity index (χ0n) is 20.4. The van der Waals surface area contributed by atoms with E-state index >= 15 is 0 Å². The molecule has 1 N–H and O–H groups in total. The molecule has 0 spiro atoms. The number of halogens is 1. The number of fused-ring (bicyclic) bond motifs is 1. The van der Waals surface area contributed by atoms with Crippen molar-refractivity contribution in [1.82, 2.24) is 15.0 Å². The molecule has 5 nitrogen and oxygen atoms in total. The van der Waals surface area contributed by atoms with Crippen LogP contribution in [0.2, 0.25) is 0 Å². The van der Waals surface area contributed by atoms with E-state index in [0.717, 1.165) is 56.2 Å². The maximum atomic E-state index is 13.8. The van der Waals surface area contributed by atoms with Gasteiger partial charge >= 0.3 is 0 Å². The lowest BCUT2D eigenvalue weighted by Crippen LogP contribution is -2.17. The van der Waals surface area contributed by atoms with Crippen LogP contribution in [0, 0.1) is 5.82 Å². The third-order valence-electron chi connectivity index (χ3n) is 6.47. The average molecular weight is 489 g/mol. The summed E-state index contributed by atoms with van der Waals surface area (Å²) < 4.78 is 19.8. The quantitative estimate of drug-likeness (QED) is 0.280. The van der Waals surface area contributed by atoms with Crippen molar-refractivity contribution in [1.29, 1.82) is 0 Å². The molecule has 0 radical (unpaired) electrons. The lowest BCUT2D eigenvalue weighted by atomic mass is 9.88. The molecule has 0 aliphatic carbocycles. The molecule has 0 unspecified atom stereocenters. The molecule has 0 saturated heterocycles. The fourth-order valence-corrected chi connectivity index (χ4v) is 4.72. The topological polar surface area (TPSA) is 50.3 Å². The number of anilines is 1. The van der Waals surface area contributed by atoms with Crippen LogP contribution in [-0.4, -0.2) is 22.0 Å². The second-order valence-corrected chi connectivity index (χ2v) is 9.05. The van der Waals surface area contributed by atoms with Crippen molar-refractivity contribution in [2.45, 2.75) is 13.2 Å². The number of nitrogens with zero attached hydrogens (tertiary/aromatic N) is 3. The number of hydrogen-bond donors (Lipinski definition) is 1. The summed E-state index contributed by atoms with van der Waals surface area (Å²) in [4.78, 5) is 9.25. The summed E-state index contributed by atoms with van der Waals surface area (Å²) in [6.45, 7) is 1.21. The molecule has 5 aromatic rings. The maximum absolute atomic E-state index is 13.8. The number of pyridine rings is 2. The predicted molar refractivity (Wildman–Crippen MR) is 144 cm³/mol. The van der Waals surface area contributed by atoms with E-state index in [1.165, 1.54) is 12.1 Å². The van der Waals surface area contributed by atoms with Gasteiger partial charge in [0.15, 0.2) is 0 Å². The van der Waals surface area contributed by atoms with E-state index in [4.69, 9.17) is 9.72 Å². The van der Waals surface area contributed by atoms with Crippen LogP contribution >= 0.6 is 0 Å². The van der Waals surface area contributed by atoms with E-state index in [2.05, 4.69) is 34.7 Å². The summed E-state index contributed by atoms with van der Waals surface area (Å²) in [6.07, 6.45) is 3.57. The Morgan fingerprint density at radius 2 is 1.49 bits per heavy atom. The minimum atomic E-state index is -0.278. The van der Waals surface area contributed by atoms with Crippen molar-refractivity contribution >= 4 is 5.82 Å². The Bertz CT molecular complexity index is 1520. The van der Waals surface area contributed by atoms with E-state index in [-0.39, 0.29) is 5.82 Å². The third-order valence-corrected chi connectivity index (χ3v) is 6.47. The van der Waals surface area contributed by atoms with Crippen LogP contribution in [0.1, 0.15) is 11.1 Å². The van der Waals surface area contributed by atoms with Crippen LogP contribution < -0.4 is 10.2 Å². The van der Waals surface area contributed by atoms with Gasteiger partial charge in [-0.15, -0.1) is 0 Å². The van der Waals surface area contributed by atoms with Crippen LogP contribution in [0.5, 0.6) is 5.75 Å². The highest BCUT2D eigenvalue weighted by molar-refractivity contribution is 5.96. The first-order valence-electron chi connectivity index (χ1n) is 12.1. The fraction of sp³-hybridized carbons (Fsp3) is 0.0968. The maximum Gasteiger partial charge on any atom is 0.146 e. The van der Waals surface area contributed by atoms with Gasteiger partial charge in [-0.3, -0.25) is 4.98 Å². The number of rotatable bonds is 6. The lowest BCUT2D eigenvalue weighted by Gasteiger charge is -2.19. The summed E-state index contributed by atoms with van der Waals surface area (Å²) >= 11 is 0. The fourth-order valence-electron chi connectivity index (χ4n) is 4.72. The van der Waals surface area contributed by atoms with Crippen molar-refractivity contribution in [2.24, 2.45) is 0 Å². The molecule has 0 atom stereocenters. The Labute approximate surface area is 215 Å². The van der Waals surface area contributed by atoms with Gasteiger partial charge in [0.25, 0.3) is 0 Å². The van der Waals surface area contributed by atoms with Crippen LogP contribution in [0.4, 0.5) is 10.2 Å². The van der Waals surface area contributed by atoms with E-state index in [9.17, 15) is 4.39 Å². The average Bonchev–Trinajstić information content (AvgIpc) is 3.32. The van der Waals surface area contributed by atoms with E-state index in [1.54, 1.807) is 24.5 Å². The standard InChI is InChI=1S/C31H25FN4O/c1-36-19-27-28(22-9-13-26(14-10-22)37-20-21-5-3-2-4-6-21)29(23-15-17-33-18-16-23)30(34-31(27)35-36)24-7-11-25(32)12-8-24/h2-18H,19-20H2,1H3,(H,34,35). The number of nitrogens with one attached hydrogen (secondary N) is 1. The number of aromatic nitrogens is 2. The van der Waals surface area contributed by atoms with E-state index in [0.29, 0.717) is 13.2 Å². The highest BCUT2D eigenvalue weighted by Crippen LogP contribution is 2.45. The largest absolute Gasteiger partial charge is 0.489 e. The van der Waals surface area contributed by atoms with Crippen molar-refractivity contribution < 1.29 is 9.13 Å². The zero-order valence-corrected chi connectivity index (χ0v) is 20.4. The van der Waals surface area contributed by atoms with Gasteiger partial charge in [0.1, 0.15) is 24.0 Å². The Morgan fingerprint density at radius 3 is 2.22 bits per heavy atom. The number of hydrogen-bond acceptors (Lipinski definition) is 5. The van der Waals surface area contributed by atoms with Crippen molar-refractivity contribution in [2.75, 3.05) is 12.5 Å². The highest BCUT2D eigenvalue weighted by atomic mass is 19.1. The minimum Gasteiger partial charge on any atom is -0.489 e. The van der Waals surface area contributed by atoms with Crippen molar-refractivity contribution in [3.63, 3.8) is 0 Å². The van der Waals surface area contributed by atoms with Gasteiger partial charge in [-0.05, 0) is 70.8 Å². The van der Waals surface area contributed by atoms with Crippen LogP contribution in [0.3, 0.4) is 0 Å². The third kappa shape index (κ3) is 4.67. The van der Waals surface area contributed by atoms with Crippen LogP contribution in [-0.2, 0) is 13.2 Å². The summed E-state index contributed by atoms with van der Waals surface area (Å²) in [5, 5.41) is 2.02. The van der Waals surface area contributed by atoms with Gasteiger partial charge in [0.05, 0.1) is 5.69 Å². The van der Waals surface area contributed by atoms with Crippen LogP contribution in [0.25, 0.3) is 33.5 Å². The summed E-state index contributed by atoms with van der Waals surface area (Å²) in [5.74, 6) is 1.33. The molecule has 2 aromatic heterocycles. The van der Waals surface area contributed by atoms with Gasteiger partial charge in [-0.1, -0.05) is 42.5 Å². The summed E-state index contributed by atoms with van der Waals surface area (Å²) in [5.41, 5.74) is 11.4. The van der Waals surface area contributed by atoms with Gasteiger partial charge in [-0.2, -0.15) is 0 Å². The molecule has 6 heteroatoms. The number of benzene rings is 3. The Morgan fingerprint density at radius 1 is 0.811 bits per heavy atom. The van der Waals surface area contributed by atoms with Gasteiger partial charge in [-0.25, -0.2) is 14.4 Å². The highest BCUT2D eigenvalue weighted by Gasteiger charge is 2.27. The van der Waals surface area contributed by atoms with Gasteiger partial charge in [0, 0.05) is 42.7 Å². The Hall–Kier alpha value is -4.55. The molecule has 6 rings (SSSR count). The summed E-state index contributed by atoms with van der Waals surface area (Å²) in [7, 11) is 2.00. The number of hydrazine groups is 1. The van der Waals surface area contributed by atoms with Crippen molar-refractivity contribution in [3.05, 3.63) is 120 Å². The Kier molecular flexibility index (Phi) is 6.08. The molecule has 37 heavy (non-hydrogen) atoms. The van der Waals surface area contributed by atoms with Gasteiger partial charge in [0.2, 0.25) is 0 Å². The van der Waals surface area contributed by atoms with Gasteiger partial charge < -0.3 is 10.2 Å². The van der Waals surface area contributed by atoms with E-state index in [1.807, 2.05) is 54.5 Å². The molecule has 0 amide bonds. The molecule has 3 aromatic carbocycles. The Balaban J connectivity index is 1.48. The second kappa shape index (κ2) is 9.84. The smallest absolute Gasteiger partial charge is 0.146 e. The van der Waals surface area contributed by atoms with Crippen molar-refractivity contribution in [3.8, 4) is 39.3 Å². The molecule has 1 aliphatic rings. The first kappa shape index (κ1) is 22.9. The minimum absolute atomic E-state index is 0.278. The molecule has 1 aliphatic heterocycles. The molecular formula is C31H25FN4O. The predicted octanol–water partition coefficient (Wildman–Crippen LogP) is 6.97. The molecule has 0 fully saturated rings. The monoisotopic (exact) mass is 488 g/mol. The molecule has 0 saturated carbocycles. The SMILES string of the molecule is CN1Cc2c(nc(-c3ccc(F)cc3)c(-c3ccncc3)c2-c2ccc(OCc3ccccc3)cc2)N1. The van der Waals surface area contributed by atoms with E-state index < -0.39 is 0 Å². The first-order chi connectivity index (χ1) is 18.2. The first-order valence-corrected chi connectivity index (χ1v) is 12.1. The van der Waals surface area contributed by atoms with Crippen LogP contribution in [0.15, 0.2) is 103 Å².